The van der Waals surface area contributed by atoms with Gasteiger partial charge >= 0.3 is 6.03 Å². The van der Waals surface area contributed by atoms with Gasteiger partial charge in [-0.05, 0) is 54.6 Å². The standard InChI is InChI=1S/C19H20N2O2S/c1-14-5-6-17(10-15(14)2)20-19(22)21(11-16-7-8-23-13-16)12-18-4-3-9-24-18/h3-10,13H,11-12H2,1-2H3,(H,20,22). The molecule has 2 aromatic heterocycles. The Bertz CT molecular complexity index is 759. The number of hydrogen-bond acceptors (Lipinski definition) is 3. The van der Waals surface area contributed by atoms with E-state index in [1.54, 1.807) is 28.8 Å². The van der Waals surface area contributed by atoms with Crippen molar-refractivity contribution in [3.63, 3.8) is 0 Å². The van der Waals surface area contributed by atoms with Crippen molar-refractivity contribution in [2.75, 3.05) is 5.32 Å². The SMILES string of the molecule is Cc1ccc(NC(=O)N(Cc2ccoc2)Cc2cccs2)cc1C. The van der Waals surface area contributed by atoms with Crippen LogP contribution in [0.2, 0.25) is 0 Å². The van der Waals surface area contributed by atoms with E-state index in [1.807, 2.05) is 48.7 Å². The van der Waals surface area contributed by atoms with Gasteiger partial charge in [-0.2, -0.15) is 0 Å². The zero-order valence-corrected chi connectivity index (χ0v) is 14.6. The van der Waals surface area contributed by atoms with Crippen LogP contribution in [0.4, 0.5) is 10.5 Å². The number of nitrogens with one attached hydrogen (secondary N) is 1. The molecule has 4 nitrogen and oxygen atoms in total. The van der Waals surface area contributed by atoms with E-state index in [1.165, 1.54) is 5.56 Å². The van der Waals surface area contributed by atoms with Gasteiger partial charge in [-0.1, -0.05) is 12.1 Å². The van der Waals surface area contributed by atoms with Gasteiger partial charge in [0.1, 0.15) is 0 Å². The fourth-order valence-corrected chi connectivity index (χ4v) is 3.13. The van der Waals surface area contributed by atoms with Crippen molar-refractivity contribution in [3.05, 3.63) is 75.9 Å². The van der Waals surface area contributed by atoms with Crippen LogP contribution in [0.25, 0.3) is 0 Å². The average molecular weight is 340 g/mol. The normalized spacial score (nSPS) is 10.6. The highest BCUT2D eigenvalue weighted by Crippen LogP contribution is 2.18. The molecule has 3 rings (SSSR count). The van der Waals surface area contributed by atoms with E-state index >= 15 is 0 Å². The minimum absolute atomic E-state index is 0.118. The first kappa shape index (κ1) is 16.3. The molecule has 5 heteroatoms. The molecule has 124 valence electrons. The quantitative estimate of drug-likeness (QED) is 0.694. The van der Waals surface area contributed by atoms with E-state index in [2.05, 4.69) is 12.2 Å². The number of hydrogen-bond donors (Lipinski definition) is 1. The van der Waals surface area contributed by atoms with Crippen LogP contribution in [0.5, 0.6) is 0 Å². The van der Waals surface area contributed by atoms with E-state index in [4.69, 9.17) is 4.42 Å². The smallest absolute Gasteiger partial charge is 0.322 e. The molecule has 0 unspecified atom stereocenters. The van der Waals surface area contributed by atoms with Gasteiger partial charge in [0.15, 0.2) is 0 Å². The van der Waals surface area contributed by atoms with Crippen LogP contribution in [-0.2, 0) is 13.1 Å². The van der Waals surface area contributed by atoms with Crippen LogP contribution >= 0.6 is 11.3 Å². The highest BCUT2D eigenvalue weighted by Gasteiger charge is 2.16. The number of amides is 2. The van der Waals surface area contributed by atoms with E-state index in [9.17, 15) is 4.79 Å². The molecule has 0 fully saturated rings. The van der Waals surface area contributed by atoms with Crippen molar-refractivity contribution >= 4 is 23.1 Å². The number of aryl methyl sites for hydroxylation is 2. The Morgan fingerprint density at radius 2 is 2.04 bits per heavy atom. The summed E-state index contributed by atoms with van der Waals surface area (Å²) in [6.07, 6.45) is 3.30. The average Bonchev–Trinajstić information content (AvgIpc) is 3.24. The van der Waals surface area contributed by atoms with Gasteiger partial charge in [-0.3, -0.25) is 0 Å². The number of thiophene rings is 1. The van der Waals surface area contributed by atoms with Gasteiger partial charge in [-0.25, -0.2) is 4.79 Å². The van der Waals surface area contributed by atoms with Gasteiger partial charge < -0.3 is 14.6 Å². The summed E-state index contributed by atoms with van der Waals surface area (Å²) in [4.78, 5) is 15.7. The van der Waals surface area contributed by atoms with E-state index in [0.29, 0.717) is 13.1 Å². The number of benzene rings is 1. The number of furan rings is 1. The molecule has 0 saturated carbocycles. The maximum Gasteiger partial charge on any atom is 0.322 e. The lowest BCUT2D eigenvalue weighted by atomic mass is 10.1. The molecule has 2 heterocycles. The second-order valence-electron chi connectivity index (χ2n) is 5.80. The third-order valence-electron chi connectivity index (χ3n) is 3.93. The Morgan fingerprint density at radius 3 is 2.71 bits per heavy atom. The summed E-state index contributed by atoms with van der Waals surface area (Å²) in [5.74, 6) is 0. The van der Waals surface area contributed by atoms with Crippen LogP contribution in [0.1, 0.15) is 21.6 Å². The lowest BCUT2D eigenvalue weighted by Crippen LogP contribution is -2.33. The zero-order chi connectivity index (χ0) is 16.9. The maximum absolute atomic E-state index is 12.8. The highest BCUT2D eigenvalue weighted by atomic mass is 32.1. The molecule has 1 N–H and O–H groups in total. The van der Waals surface area contributed by atoms with Crippen molar-refractivity contribution in [2.45, 2.75) is 26.9 Å². The van der Waals surface area contributed by atoms with Crippen LogP contribution in [0.3, 0.4) is 0 Å². The van der Waals surface area contributed by atoms with Crippen molar-refractivity contribution in [1.82, 2.24) is 4.90 Å². The topological polar surface area (TPSA) is 45.5 Å². The fourth-order valence-electron chi connectivity index (χ4n) is 2.41. The zero-order valence-electron chi connectivity index (χ0n) is 13.8. The van der Waals surface area contributed by atoms with E-state index < -0.39 is 0 Å². The molecule has 3 aromatic rings. The van der Waals surface area contributed by atoms with Crippen LogP contribution in [0, 0.1) is 13.8 Å². The first-order valence-corrected chi connectivity index (χ1v) is 8.66. The van der Waals surface area contributed by atoms with Gasteiger partial charge in [0.2, 0.25) is 0 Å². The lowest BCUT2D eigenvalue weighted by Gasteiger charge is -2.22. The summed E-state index contributed by atoms with van der Waals surface area (Å²) in [5.41, 5.74) is 4.16. The number of carbonyl (C=O) groups excluding carboxylic acids is 1. The molecule has 0 atom stereocenters. The van der Waals surface area contributed by atoms with Crippen LogP contribution < -0.4 is 5.32 Å². The number of rotatable bonds is 5. The van der Waals surface area contributed by atoms with E-state index in [-0.39, 0.29) is 6.03 Å². The molecule has 0 radical (unpaired) electrons. The van der Waals surface area contributed by atoms with Gasteiger partial charge in [0.05, 0.1) is 25.6 Å². The molecule has 0 aliphatic carbocycles. The van der Waals surface area contributed by atoms with Crippen molar-refractivity contribution in [3.8, 4) is 0 Å². The third-order valence-corrected chi connectivity index (χ3v) is 4.79. The molecular formula is C19H20N2O2S. The number of urea groups is 1. The summed E-state index contributed by atoms with van der Waals surface area (Å²) < 4.78 is 5.12. The fraction of sp³-hybridized carbons (Fsp3) is 0.211. The predicted octanol–water partition coefficient (Wildman–Crippen LogP) is 5.19. The summed E-state index contributed by atoms with van der Waals surface area (Å²) in [6.45, 7) is 5.17. The Hall–Kier alpha value is -2.53. The minimum Gasteiger partial charge on any atom is -0.472 e. The molecule has 0 spiro atoms. The summed E-state index contributed by atoms with van der Waals surface area (Å²) in [5, 5.41) is 5.02. The second-order valence-corrected chi connectivity index (χ2v) is 6.83. The van der Waals surface area contributed by atoms with Crippen molar-refractivity contribution in [2.24, 2.45) is 0 Å². The maximum atomic E-state index is 12.8. The molecular weight excluding hydrogens is 320 g/mol. The predicted molar refractivity (Wildman–Crippen MR) is 97.2 cm³/mol. The minimum atomic E-state index is -0.118. The molecule has 1 aromatic carbocycles. The summed E-state index contributed by atoms with van der Waals surface area (Å²) in [7, 11) is 0. The highest BCUT2D eigenvalue weighted by molar-refractivity contribution is 7.09. The third kappa shape index (κ3) is 4.06. The first-order valence-electron chi connectivity index (χ1n) is 7.78. The van der Waals surface area contributed by atoms with Gasteiger partial charge in [-0.15, -0.1) is 11.3 Å². The van der Waals surface area contributed by atoms with Crippen molar-refractivity contribution < 1.29 is 9.21 Å². The Morgan fingerprint density at radius 1 is 1.17 bits per heavy atom. The molecule has 2 amide bonds. The number of nitrogens with zero attached hydrogens (tertiary/aromatic N) is 1. The van der Waals surface area contributed by atoms with Crippen LogP contribution in [0.15, 0.2) is 58.7 Å². The van der Waals surface area contributed by atoms with Gasteiger partial charge in [0, 0.05) is 16.1 Å². The first-order chi connectivity index (χ1) is 11.6. The largest absolute Gasteiger partial charge is 0.472 e. The molecule has 0 aliphatic rings. The Balaban J connectivity index is 1.75. The Kier molecular flexibility index (Phi) is 5.01. The van der Waals surface area contributed by atoms with E-state index in [0.717, 1.165) is 21.7 Å². The van der Waals surface area contributed by atoms with Gasteiger partial charge in [0.25, 0.3) is 0 Å². The monoisotopic (exact) mass is 340 g/mol. The summed E-state index contributed by atoms with van der Waals surface area (Å²) >= 11 is 1.65. The number of anilines is 1. The van der Waals surface area contributed by atoms with Crippen molar-refractivity contribution in [1.29, 1.82) is 0 Å². The lowest BCUT2D eigenvalue weighted by molar-refractivity contribution is 0.207. The molecule has 0 aliphatic heterocycles. The number of carbonyl (C=O) groups is 1. The molecule has 0 saturated heterocycles. The molecule has 0 bridgehead atoms. The van der Waals surface area contributed by atoms with Crippen LogP contribution in [-0.4, -0.2) is 10.9 Å². The second kappa shape index (κ2) is 7.36. The summed E-state index contributed by atoms with van der Waals surface area (Å²) in [6, 6.07) is 11.7. The molecule has 24 heavy (non-hydrogen) atoms. The Labute approximate surface area is 145 Å².